The van der Waals surface area contributed by atoms with E-state index in [-0.39, 0.29) is 11.9 Å². The van der Waals surface area contributed by atoms with Crippen molar-refractivity contribution in [3.63, 3.8) is 0 Å². The second-order valence-corrected chi connectivity index (χ2v) is 7.20. The average molecular weight is 332 g/mol. The molecule has 0 N–H and O–H groups in total. The van der Waals surface area contributed by atoms with Crippen LogP contribution in [0.3, 0.4) is 0 Å². The van der Waals surface area contributed by atoms with Gasteiger partial charge in [0.25, 0.3) is 0 Å². The Kier molecular flexibility index (Phi) is 4.80. The van der Waals surface area contributed by atoms with Crippen molar-refractivity contribution in [2.75, 3.05) is 6.54 Å². The van der Waals surface area contributed by atoms with Gasteiger partial charge in [0.1, 0.15) is 0 Å². The molecule has 0 saturated carbocycles. The van der Waals surface area contributed by atoms with E-state index in [1.165, 1.54) is 0 Å². The Morgan fingerprint density at radius 1 is 1.43 bits per heavy atom. The summed E-state index contributed by atoms with van der Waals surface area (Å²) in [6, 6.07) is 2.34. The minimum absolute atomic E-state index is 0.196. The number of nitrogens with zero attached hydrogens (tertiary/aromatic N) is 4. The van der Waals surface area contributed by atoms with Crippen molar-refractivity contribution in [1.82, 2.24) is 19.7 Å². The normalized spacial score (nSPS) is 17.9. The highest BCUT2D eigenvalue weighted by molar-refractivity contribution is 7.09. The van der Waals surface area contributed by atoms with E-state index in [9.17, 15) is 4.79 Å². The zero-order chi connectivity index (χ0) is 16.4. The first-order valence-electron chi connectivity index (χ1n) is 8.30. The van der Waals surface area contributed by atoms with Crippen LogP contribution >= 0.6 is 11.3 Å². The molecule has 1 atom stereocenters. The maximum atomic E-state index is 12.7. The number of amides is 1. The van der Waals surface area contributed by atoms with Gasteiger partial charge in [0, 0.05) is 17.6 Å². The van der Waals surface area contributed by atoms with Crippen LogP contribution in [-0.4, -0.2) is 38.2 Å². The Morgan fingerprint density at radius 2 is 2.26 bits per heavy atom. The van der Waals surface area contributed by atoms with Crippen LogP contribution in [0.4, 0.5) is 0 Å². The standard InChI is InChI=1S/C17H24N4OS/c1-4-16-18-14(11-23-16)9-17(22)20-7-5-6-15(20)10-21-13(3)8-12(2)19-21/h8,11,15H,4-7,9-10H2,1-3H3/t15-/m1/s1. The van der Waals surface area contributed by atoms with Crippen molar-refractivity contribution in [2.45, 2.75) is 59.0 Å². The minimum Gasteiger partial charge on any atom is -0.338 e. The molecule has 0 unspecified atom stereocenters. The number of aryl methyl sites for hydroxylation is 3. The topological polar surface area (TPSA) is 51.0 Å². The number of hydrogen-bond donors (Lipinski definition) is 0. The van der Waals surface area contributed by atoms with E-state index in [2.05, 4.69) is 30.0 Å². The summed E-state index contributed by atoms with van der Waals surface area (Å²) >= 11 is 1.65. The summed E-state index contributed by atoms with van der Waals surface area (Å²) < 4.78 is 2.03. The fourth-order valence-corrected chi connectivity index (χ4v) is 4.01. The van der Waals surface area contributed by atoms with Gasteiger partial charge in [-0.1, -0.05) is 6.92 Å². The highest BCUT2D eigenvalue weighted by Crippen LogP contribution is 2.21. The second kappa shape index (κ2) is 6.83. The summed E-state index contributed by atoms with van der Waals surface area (Å²) in [4.78, 5) is 19.2. The van der Waals surface area contributed by atoms with Crippen LogP contribution in [0.2, 0.25) is 0 Å². The molecule has 0 bridgehead atoms. The van der Waals surface area contributed by atoms with Crippen LogP contribution in [-0.2, 0) is 24.2 Å². The number of hydrogen-bond acceptors (Lipinski definition) is 4. The number of carbonyl (C=O) groups is 1. The predicted molar refractivity (Wildman–Crippen MR) is 91.6 cm³/mol. The maximum Gasteiger partial charge on any atom is 0.228 e. The highest BCUT2D eigenvalue weighted by Gasteiger charge is 2.29. The number of likely N-dealkylation sites (tertiary alicyclic amines) is 1. The fraction of sp³-hybridized carbons (Fsp3) is 0.588. The van der Waals surface area contributed by atoms with Crippen molar-refractivity contribution in [2.24, 2.45) is 0 Å². The van der Waals surface area contributed by atoms with Gasteiger partial charge in [-0.2, -0.15) is 5.10 Å². The third-order valence-electron chi connectivity index (χ3n) is 4.42. The smallest absolute Gasteiger partial charge is 0.228 e. The van der Waals surface area contributed by atoms with Crippen molar-refractivity contribution in [3.8, 4) is 0 Å². The van der Waals surface area contributed by atoms with E-state index < -0.39 is 0 Å². The van der Waals surface area contributed by atoms with Gasteiger partial charge in [0.05, 0.1) is 35.4 Å². The average Bonchev–Trinajstić information content (AvgIpc) is 3.21. The molecule has 2 aromatic heterocycles. The minimum atomic E-state index is 0.196. The van der Waals surface area contributed by atoms with E-state index in [0.717, 1.165) is 54.4 Å². The van der Waals surface area contributed by atoms with Crippen molar-refractivity contribution >= 4 is 17.2 Å². The van der Waals surface area contributed by atoms with Gasteiger partial charge < -0.3 is 4.90 Å². The Bertz CT molecular complexity index is 691. The van der Waals surface area contributed by atoms with Gasteiger partial charge in [-0.15, -0.1) is 11.3 Å². The summed E-state index contributed by atoms with van der Waals surface area (Å²) in [5.41, 5.74) is 3.11. The lowest BCUT2D eigenvalue weighted by molar-refractivity contribution is -0.131. The summed E-state index contributed by atoms with van der Waals surface area (Å²) in [5.74, 6) is 0.196. The fourth-order valence-electron chi connectivity index (χ4n) is 3.26. The number of carbonyl (C=O) groups excluding carboxylic acids is 1. The van der Waals surface area contributed by atoms with Crippen LogP contribution in [0.15, 0.2) is 11.4 Å². The molecule has 3 heterocycles. The molecule has 6 heteroatoms. The lowest BCUT2D eigenvalue weighted by atomic mass is 10.2. The molecule has 1 saturated heterocycles. The number of aromatic nitrogens is 3. The van der Waals surface area contributed by atoms with E-state index >= 15 is 0 Å². The molecule has 0 aromatic carbocycles. The predicted octanol–water partition coefficient (Wildman–Crippen LogP) is 2.75. The Hall–Kier alpha value is -1.69. The van der Waals surface area contributed by atoms with Crippen LogP contribution in [0, 0.1) is 13.8 Å². The van der Waals surface area contributed by atoms with Gasteiger partial charge in [-0.3, -0.25) is 9.48 Å². The molecule has 23 heavy (non-hydrogen) atoms. The SMILES string of the molecule is CCc1nc(CC(=O)N2CCC[C@@H]2Cn2nc(C)cc2C)cs1. The quantitative estimate of drug-likeness (QED) is 0.846. The zero-order valence-corrected chi connectivity index (χ0v) is 14.9. The molecule has 5 nitrogen and oxygen atoms in total. The highest BCUT2D eigenvalue weighted by atomic mass is 32.1. The Labute approximate surface area is 141 Å². The van der Waals surface area contributed by atoms with Crippen LogP contribution < -0.4 is 0 Å². The Morgan fingerprint density at radius 3 is 2.91 bits per heavy atom. The third-order valence-corrected chi connectivity index (χ3v) is 5.46. The van der Waals surface area contributed by atoms with Crippen molar-refractivity contribution in [1.29, 1.82) is 0 Å². The van der Waals surface area contributed by atoms with E-state index in [4.69, 9.17) is 0 Å². The van der Waals surface area contributed by atoms with E-state index in [1.807, 2.05) is 21.9 Å². The van der Waals surface area contributed by atoms with Gasteiger partial charge in [0.2, 0.25) is 5.91 Å². The number of thiazole rings is 1. The maximum absolute atomic E-state index is 12.7. The summed E-state index contributed by atoms with van der Waals surface area (Å²) in [7, 11) is 0. The van der Waals surface area contributed by atoms with Gasteiger partial charge >= 0.3 is 0 Å². The summed E-state index contributed by atoms with van der Waals surface area (Å²) in [6.45, 7) is 7.82. The first-order valence-corrected chi connectivity index (χ1v) is 9.18. The van der Waals surface area contributed by atoms with Gasteiger partial charge in [0.15, 0.2) is 0 Å². The molecule has 2 aromatic rings. The molecule has 0 radical (unpaired) electrons. The largest absolute Gasteiger partial charge is 0.338 e. The number of rotatable bonds is 5. The second-order valence-electron chi connectivity index (χ2n) is 6.26. The van der Waals surface area contributed by atoms with Crippen molar-refractivity contribution in [3.05, 3.63) is 33.5 Å². The molecule has 1 fully saturated rings. The molecular weight excluding hydrogens is 308 g/mol. The molecule has 0 spiro atoms. The van der Waals surface area contributed by atoms with E-state index in [0.29, 0.717) is 6.42 Å². The first-order chi connectivity index (χ1) is 11.1. The zero-order valence-electron chi connectivity index (χ0n) is 14.1. The van der Waals surface area contributed by atoms with E-state index in [1.54, 1.807) is 11.3 Å². The lowest BCUT2D eigenvalue weighted by Gasteiger charge is -2.25. The molecule has 0 aliphatic carbocycles. The molecular formula is C17H24N4OS. The molecule has 1 aliphatic heterocycles. The molecule has 3 rings (SSSR count). The van der Waals surface area contributed by atoms with Crippen LogP contribution in [0.1, 0.15) is 41.9 Å². The molecule has 124 valence electrons. The Balaban J connectivity index is 1.65. The van der Waals surface area contributed by atoms with Gasteiger partial charge in [-0.25, -0.2) is 4.98 Å². The summed E-state index contributed by atoms with van der Waals surface area (Å²) in [6.07, 6.45) is 3.49. The monoisotopic (exact) mass is 332 g/mol. The lowest BCUT2D eigenvalue weighted by Crippen LogP contribution is -2.39. The summed E-state index contributed by atoms with van der Waals surface area (Å²) in [5, 5.41) is 7.66. The first kappa shape index (κ1) is 16.2. The molecule has 1 amide bonds. The third kappa shape index (κ3) is 3.63. The van der Waals surface area contributed by atoms with Crippen LogP contribution in [0.5, 0.6) is 0 Å². The van der Waals surface area contributed by atoms with Gasteiger partial charge in [-0.05, 0) is 39.2 Å². The van der Waals surface area contributed by atoms with Crippen LogP contribution in [0.25, 0.3) is 0 Å². The molecule has 1 aliphatic rings. The van der Waals surface area contributed by atoms with Crippen molar-refractivity contribution < 1.29 is 4.79 Å².